The van der Waals surface area contributed by atoms with Gasteiger partial charge < -0.3 is 14.5 Å². The van der Waals surface area contributed by atoms with Crippen molar-refractivity contribution in [3.05, 3.63) is 66.4 Å². The van der Waals surface area contributed by atoms with Gasteiger partial charge in [0, 0.05) is 11.9 Å². The molecule has 0 spiro atoms. The number of ether oxygens (including phenoxy) is 1. The van der Waals surface area contributed by atoms with Crippen LogP contribution in [0.1, 0.15) is 5.56 Å². The molecule has 1 N–H and O–H groups in total. The van der Waals surface area contributed by atoms with Gasteiger partial charge in [0.1, 0.15) is 11.3 Å². The van der Waals surface area contributed by atoms with E-state index in [0.29, 0.717) is 18.7 Å². The molecule has 0 saturated heterocycles. The van der Waals surface area contributed by atoms with Crippen LogP contribution in [0.5, 0.6) is 5.75 Å². The maximum absolute atomic E-state index is 11.6. The lowest BCUT2D eigenvalue weighted by Gasteiger charge is -2.05. The van der Waals surface area contributed by atoms with Crippen molar-refractivity contribution >= 4 is 17.1 Å². The Labute approximate surface area is 122 Å². The van der Waals surface area contributed by atoms with Crippen LogP contribution in [-0.2, 0) is 6.42 Å². The number of nitrogens with one attached hydrogen (secondary N) is 1. The van der Waals surface area contributed by atoms with Gasteiger partial charge in [0.25, 0.3) is 0 Å². The summed E-state index contributed by atoms with van der Waals surface area (Å²) < 4.78 is 10.6. The van der Waals surface area contributed by atoms with E-state index < -0.39 is 6.09 Å². The Morgan fingerprint density at radius 3 is 2.67 bits per heavy atom. The monoisotopic (exact) mass is 281 g/mol. The first kappa shape index (κ1) is 13.2. The normalized spacial score (nSPS) is 10.5. The van der Waals surface area contributed by atoms with E-state index in [1.807, 2.05) is 42.5 Å². The van der Waals surface area contributed by atoms with Crippen LogP contribution in [0, 0.1) is 0 Å². The number of benzene rings is 2. The second kappa shape index (κ2) is 6.13. The minimum Gasteiger partial charge on any atom is -0.464 e. The fourth-order valence-electron chi connectivity index (χ4n) is 2.16. The lowest BCUT2D eigenvalue weighted by molar-refractivity contribution is 0.200. The average molecular weight is 281 g/mol. The van der Waals surface area contributed by atoms with Crippen LogP contribution >= 0.6 is 0 Å². The average Bonchev–Trinajstić information content (AvgIpc) is 2.92. The summed E-state index contributed by atoms with van der Waals surface area (Å²) >= 11 is 0. The number of hydrogen-bond acceptors (Lipinski definition) is 3. The number of furan rings is 1. The Morgan fingerprint density at radius 2 is 1.81 bits per heavy atom. The molecule has 1 aromatic heterocycles. The van der Waals surface area contributed by atoms with Gasteiger partial charge in [-0.25, -0.2) is 4.79 Å². The summed E-state index contributed by atoms with van der Waals surface area (Å²) in [6.07, 6.45) is 1.98. The van der Waals surface area contributed by atoms with Gasteiger partial charge >= 0.3 is 6.09 Å². The highest BCUT2D eigenvalue weighted by Crippen LogP contribution is 2.20. The minimum absolute atomic E-state index is 0.450. The first-order valence-corrected chi connectivity index (χ1v) is 6.79. The molecule has 0 saturated carbocycles. The number of rotatable bonds is 4. The van der Waals surface area contributed by atoms with Crippen LogP contribution in [0.25, 0.3) is 11.0 Å². The zero-order valence-electron chi connectivity index (χ0n) is 11.4. The molecule has 0 radical (unpaired) electrons. The van der Waals surface area contributed by atoms with Crippen LogP contribution < -0.4 is 10.1 Å². The van der Waals surface area contributed by atoms with E-state index in [9.17, 15) is 4.79 Å². The van der Waals surface area contributed by atoms with Crippen molar-refractivity contribution in [3.63, 3.8) is 0 Å². The molecule has 2 aromatic carbocycles. The number of fused-ring (bicyclic) bond motifs is 1. The van der Waals surface area contributed by atoms with Crippen molar-refractivity contribution in [1.29, 1.82) is 0 Å². The Balaban J connectivity index is 1.53. The zero-order chi connectivity index (χ0) is 14.5. The molecule has 1 heterocycles. The van der Waals surface area contributed by atoms with Crippen LogP contribution in [0.4, 0.5) is 4.79 Å². The van der Waals surface area contributed by atoms with Crippen LogP contribution in [0.2, 0.25) is 0 Å². The first-order valence-electron chi connectivity index (χ1n) is 6.79. The summed E-state index contributed by atoms with van der Waals surface area (Å²) in [6, 6.07) is 16.8. The van der Waals surface area contributed by atoms with E-state index in [1.54, 1.807) is 18.4 Å². The summed E-state index contributed by atoms with van der Waals surface area (Å²) in [4.78, 5) is 11.6. The largest absolute Gasteiger partial charge is 0.464 e. The second-order valence-corrected chi connectivity index (χ2v) is 4.64. The van der Waals surface area contributed by atoms with Gasteiger partial charge in [-0.2, -0.15) is 0 Å². The number of carbonyl (C=O) groups excluding carboxylic acids is 1. The van der Waals surface area contributed by atoms with Crippen LogP contribution in [0.3, 0.4) is 0 Å². The molecule has 0 aliphatic carbocycles. The Kier molecular flexibility index (Phi) is 3.87. The van der Waals surface area contributed by atoms with E-state index in [2.05, 4.69) is 5.32 Å². The molecule has 0 bridgehead atoms. The SMILES string of the molecule is O=C(NCCc1coc2ccccc12)Oc1ccccc1. The van der Waals surface area contributed by atoms with Crippen molar-refractivity contribution < 1.29 is 13.9 Å². The fraction of sp³-hybridized carbons (Fsp3) is 0.118. The molecule has 4 heteroatoms. The van der Waals surface area contributed by atoms with Gasteiger partial charge in [-0.1, -0.05) is 36.4 Å². The third kappa shape index (κ3) is 3.23. The Bertz CT molecular complexity index is 734. The Hall–Kier alpha value is -2.75. The summed E-state index contributed by atoms with van der Waals surface area (Å²) in [5, 5.41) is 3.81. The predicted octanol–water partition coefficient (Wildman–Crippen LogP) is 3.76. The smallest absolute Gasteiger partial charge is 0.412 e. The molecule has 0 unspecified atom stereocenters. The summed E-state index contributed by atoms with van der Waals surface area (Å²) in [7, 11) is 0. The first-order chi connectivity index (χ1) is 10.3. The van der Waals surface area contributed by atoms with E-state index in [4.69, 9.17) is 9.15 Å². The molecule has 3 aromatic rings. The van der Waals surface area contributed by atoms with E-state index in [-0.39, 0.29) is 0 Å². The molecule has 21 heavy (non-hydrogen) atoms. The molecule has 3 rings (SSSR count). The molecule has 1 amide bonds. The summed E-state index contributed by atoms with van der Waals surface area (Å²) in [5.74, 6) is 0.531. The van der Waals surface area contributed by atoms with Gasteiger partial charge in [-0.05, 0) is 30.2 Å². The van der Waals surface area contributed by atoms with Crippen molar-refractivity contribution in [2.45, 2.75) is 6.42 Å². The second-order valence-electron chi connectivity index (χ2n) is 4.64. The minimum atomic E-state index is -0.450. The van der Waals surface area contributed by atoms with Gasteiger partial charge in [-0.15, -0.1) is 0 Å². The molecule has 4 nitrogen and oxygen atoms in total. The molecule has 106 valence electrons. The molecular weight excluding hydrogens is 266 g/mol. The lowest BCUT2D eigenvalue weighted by Crippen LogP contribution is -2.28. The zero-order valence-corrected chi connectivity index (χ0v) is 11.4. The van der Waals surface area contributed by atoms with Crippen molar-refractivity contribution in [2.24, 2.45) is 0 Å². The quantitative estimate of drug-likeness (QED) is 0.792. The maximum Gasteiger partial charge on any atom is 0.412 e. The number of para-hydroxylation sites is 2. The standard InChI is InChI=1S/C17H15NO3/c19-17(21-14-6-2-1-3-7-14)18-11-10-13-12-20-16-9-5-4-8-15(13)16/h1-9,12H,10-11H2,(H,18,19). The van der Waals surface area contributed by atoms with E-state index in [1.165, 1.54) is 0 Å². The summed E-state index contributed by atoms with van der Waals surface area (Å²) in [6.45, 7) is 0.495. The van der Waals surface area contributed by atoms with E-state index in [0.717, 1.165) is 16.5 Å². The summed E-state index contributed by atoms with van der Waals surface area (Å²) in [5.41, 5.74) is 1.94. The topological polar surface area (TPSA) is 51.5 Å². The molecule has 0 aliphatic rings. The third-order valence-corrected chi connectivity index (χ3v) is 3.18. The van der Waals surface area contributed by atoms with Gasteiger partial charge in [0.15, 0.2) is 0 Å². The highest BCUT2D eigenvalue weighted by Gasteiger charge is 2.07. The molecule has 0 fully saturated rings. The predicted molar refractivity (Wildman–Crippen MR) is 80.4 cm³/mol. The van der Waals surface area contributed by atoms with Gasteiger partial charge in [0.05, 0.1) is 6.26 Å². The highest BCUT2D eigenvalue weighted by molar-refractivity contribution is 5.81. The number of hydrogen-bond donors (Lipinski definition) is 1. The van der Waals surface area contributed by atoms with Crippen molar-refractivity contribution in [3.8, 4) is 5.75 Å². The van der Waals surface area contributed by atoms with Crippen molar-refractivity contribution in [2.75, 3.05) is 6.54 Å². The van der Waals surface area contributed by atoms with Crippen molar-refractivity contribution in [1.82, 2.24) is 5.32 Å². The number of amides is 1. The molecule has 0 aliphatic heterocycles. The Morgan fingerprint density at radius 1 is 1.05 bits per heavy atom. The van der Waals surface area contributed by atoms with Crippen LogP contribution in [-0.4, -0.2) is 12.6 Å². The van der Waals surface area contributed by atoms with Gasteiger partial charge in [0.2, 0.25) is 0 Å². The molecular formula is C17H15NO3. The molecule has 0 atom stereocenters. The fourth-order valence-corrected chi connectivity index (χ4v) is 2.16. The van der Waals surface area contributed by atoms with Crippen LogP contribution in [0.15, 0.2) is 65.3 Å². The van der Waals surface area contributed by atoms with Gasteiger partial charge in [-0.3, -0.25) is 0 Å². The van der Waals surface area contributed by atoms with E-state index >= 15 is 0 Å². The third-order valence-electron chi connectivity index (χ3n) is 3.18. The number of carbonyl (C=O) groups is 1. The maximum atomic E-state index is 11.6. The lowest BCUT2D eigenvalue weighted by atomic mass is 10.1. The highest BCUT2D eigenvalue weighted by atomic mass is 16.6.